The Kier molecular flexibility index (Phi) is 4.34. The molecule has 1 aromatic rings. The van der Waals surface area contributed by atoms with Gasteiger partial charge < -0.3 is 4.90 Å². The molecule has 3 heteroatoms. The highest BCUT2D eigenvalue weighted by Gasteiger charge is 2.26. The zero-order valence-corrected chi connectivity index (χ0v) is 12.7. The number of thioether (sulfide) groups is 1. The normalized spacial score (nSPS) is 24.9. The minimum absolute atomic E-state index is 0.788. The summed E-state index contributed by atoms with van der Waals surface area (Å²) >= 11 is 1.82. The molecule has 0 aromatic heterocycles. The number of piperidine rings is 1. The third kappa shape index (κ3) is 3.09. The third-order valence-electron chi connectivity index (χ3n) is 4.49. The Labute approximate surface area is 121 Å². The van der Waals surface area contributed by atoms with Crippen LogP contribution in [0.4, 0.5) is 5.69 Å². The second kappa shape index (κ2) is 6.19. The maximum Gasteiger partial charge on any atom is 0.0367 e. The van der Waals surface area contributed by atoms with Crippen molar-refractivity contribution < 1.29 is 0 Å². The molecule has 0 bridgehead atoms. The second-order valence-electron chi connectivity index (χ2n) is 5.68. The quantitative estimate of drug-likeness (QED) is 0.764. The van der Waals surface area contributed by atoms with E-state index in [9.17, 15) is 0 Å². The predicted octanol–water partition coefficient (Wildman–Crippen LogP) is 3.47. The summed E-state index contributed by atoms with van der Waals surface area (Å²) in [6, 6.07) is 9.89. The highest BCUT2D eigenvalue weighted by atomic mass is 32.2. The predicted molar refractivity (Wildman–Crippen MR) is 84.3 cm³/mol. The van der Waals surface area contributed by atoms with Gasteiger partial charge in [-0.25, -0.2) is 0 Å². The summed E-state index contributed by atoms with van der Waals surface area (Å²) in [5.41, 5.74) is 1.41. The maximum absolute atomic E-state index is 2.72. The van der Waals surface area contributed by atoms with Crippen molar-refractivity contribution in [3.8, 4) is 0 Å². The molecule has 0 radical (unpaired) electrons. The lowest BCUT2D eigenvalue weighted by Crippen LogP contribution is -2.44. The van der Waals surface area contributed by atoms with Gasteiger partial charge in [-0.3, -0.25) is 4.90 Å². The van der Waals surface area contributed by atoms with E-state index in [1.807, 2.05) is 11.8 Å². The number of hydrogen-bond acceptors (Lipinski definition) is 3. The molecule has 2 fully saturated rings. The van der Waals surface area contributed by atoms with Gasteiger partial charge in [0.15, 0.2) is 0 Å². The van der Waals surface area contributed by atoms with Crippen LogP contribution in [-0.4, -0.2) is 43.4 Å². The van der Waals surface area contributed by atoms with Crippen molar-refractivity contribution in [2.75, 3.05) is 37.3 Å². The van der Waals surface area contributed by atoms with E-state index in [-0.39, 0.29) is 0 Å². The maximum atomic E-state index is 2.72. The first-order valence-electron chi connectivity index (χ1n) is 7.50. The Morgan fingerprint density at radius 2 is 1.79 bits per heavy atom. The van der Waals surface area contributed by atoms with E-state index in [0.29, 0.717) is 0 Å². The van der Waals surface area contributed by atoms with Crippen molar-refractivity contribution in [2.24, 2.45) is 0 Å². The minimum atomic E-state index is 0.788. The van der Waals surface area contributed by atoms with Gasteiger partial charge in [0.1, 0.15) is 0 Å². The van der Waals surface area contributed by atoms with Gasteiger partial charge in [-0.2, -0.15) is 0 Å². The van der Waals surface area contributed by atoms with Crippen LogP contribution in [-0.2, 0) is 0 Å². The standard InChI is InChI=1S/C16H24N2S/c1-19-16-8-6-14(7-9-16)18-12-4-11-17-10-3-2-5-15(17)13-18/h6-9,15H,2-5,10-13H2,1H3. The van der Waals surface area contributed by atoms with Crippen LogP contribution in [0.5, 0.6) is 0 Å². The van der Waals surface area contributed by atoms with E-state index >= 15 is 0 Å². The average molecular weight is 276 g/mol. The van der Waals surface area contributed by atoms with Crippen LogP contribution in [0.2, 0.25) is 0 Å². The van der Waals surface area contributed by atoms with Crippen molar-refractivity contribution in [3.05, 3.63) is 24.3 Å². The molecule has 1 atom stereocenters. The molecule has 2 nitrogen and oxygen atoms in total. The van der Waals surface area contributed by atoms with Gasteiger partial charge in [-0.15, -0.1) is 11.8 Å². The lowest BCUT2D eigenvalue weighted by atomic mass is 10.0. The molecular weight excluding hydrogens is 252 g/mol. The first kappa shape index (κ1) is 13.3. The first-order valence-corrected chi connectivity index (χ1v) is 8.72. The lowest BCUT2D eigenvalue weighted by molar-refractivity contribution is 0.162. The summed E-state index contributed by atoms with van der Waals surface area (Å²) in [6.07, 6.45) is 7.65. The van der Waals surface area contributed by atoms with Gasteiger partial charge in [-0.1, -0.05) is 6.42 Å². The van der Waals surface area contributed by atoms with Gasteiger partial charge in [0, 0.05) is 36.3 Å². The fraction of sp³-hybridized carbons (Fsp3) is 0.625. The number of benzene rings is 1. The highest BCUT2D eigenvalue weighted by molar-refractivity contribution is 7.98. The van der Waals surface area contributed by atoms with Crippen molar-refractivity contribution in [1.29, 1.82) is 0 Å². The number of fused-ring (bicyclic) bond motifs is 1. The molecule has 0 N–H and O–H groups in total. The van der Waals surface area contributed by atoms with E-state index in [1.165, 1.54) is 62.4 Å². The largest absolute Gasteiger partial charge is 0.370 e. The zero-order valence-electron chi connectivity index (χ0n) is 11.8. The van der Waals surface area contributed by atoms with Crippen LogP contribution in [0, 0.1) is 0 Å². The van der Waals surface area contributed by atoms with Gasteiger partial charge in [0.05, 0.1) is 0 Å². The Morgan fingerprint density at radius 3 is 2.58 bits per heavy atom. The van der Waals surface area contributed by atoms with E-state index in [4.69, 9.17) is 0 Å². The van der Waals surface area contributed by atoms with E-state index in [0.717, 1.165) is 6.04 Å². The van der Waals surface area contributed by atoms with Crippen LogP contribution in [0.15, 0.2) is 29.2 Å². The first-order chi connectivity index (χ1) is 9.36. The lowest BCUT2D eigenvalue weighted by Gasteiger charge is -2.35. The molecule has 0 amide bonds. The fourth-order valence-corrected chi connectivity index (χ4v) is 3.81. The summed E-state index contributed by atoms with van der Waals surface area (Å²) < 4.78 is 0. The summed E-state index contributed by atoms with van der Waals surface area (Å²) in [4.78, 5) is 6.68. The molecule has 0 aliphatic carbocycles. The molecule has 19 heavy (non-hydrogen) atoms. The molecule has 0 spiro atoms. The average Bonchev–Trinajstić information content (AvgIpc) is 2.69. The number of nitrogens with zero attached hydrogens (tertiary/aromatic N) is 2. The zero-order chi connectivity index (χ0) is 13.1. The molecule has 1 aromatic carbocycles. The van der Waals surface area contributed by atoms with Crippen LogP contribution in [0.25, 0.3) is 0 Å². The van der Waals surface area contributed by atoms with E-state index < -0.39 is 0 Å². The monoisotopic (exact) mass is 276 g/mol. The Bertz CT molecular complexity index is 404. The van der Waals surface area contributed by atoms with Crippen molar-refractivity contribution >= 4 is 17.4 Å². The molecule has 104 valence electrons. The Hall–Kier alpha value is -0.670. The van der Waals surface area contributed by atoms with Crippen LogP contribution < -0.4 is 4.90 Å². The summed E-state index contributed by atoms with van der Waals surface area (Å²) in [5, 5.41) is 0. The van der Waals surface area contributed by atoms with Gasteiger partial charge in [0.25, 0.3) is 0 Å². The Morgan fingerprint density at radius 1 is 1.00 bits per heavy atom. The van der Waals surface area contributed by atoms with E-state index in [2.05, 4.69) is 40.3 Å². The summed E-state index contributed by atoms with van der Waals surface area (Å²) in [6.45, 7) is 5.05. The topological polar surface area (TPSA) is 6.48 Å². The molecule has 3 rings (SSSR count). The molecule has 2 saturated heterocycles. The molecule has 2 aliphatic heterocycles. The van der Waals surface area contributed by atoms with Crippen molar-refractivity contribution in [3.63, 3.8) is 0 Å². The van der Waals surface area contributed by atoms with Crippen molar-refractivity contribution in [1.82, 2.24) is 4.90 Å². The fourth-order valence-electron chi connectivity index (χ4n) is 3.40. The van der Waals surface area contributed by atoms with E-state index in [1.54, 1.807) is 0 Å². The second-order valence-corrected chi connectivity index (χ2v) is 6.56. The molecule has 1 unspecified atom stereocenters. The van der Waals surface area contributed by atoms with Gasteiger partial charge in [0.2, 0.25) is 0 Å². The minimum Gasteiger partial charge on any atom is -0.370 e. The molecule has 0 saturated carbocycles. The molecular formula is C16H24N2S. The Balaban J connectivity index is 1.72. The highest BCUT2D eigenvalue weighted by Crippen LogP contribution is 2.26. The number of anilines is 1. The third-order valence-corrected chi connectivity index (χ3v) is 5.23. The van der Waals surface area contributed by atoms with Gasteiger partial charge >= 0.3 is 0 Å². The molecule has 2 heterocycles. The van der Waals surface area contributed by atoms with Crippen LogP contribution >= 0.6 is 11.8 Å². The number of hydrogen-bond donors (Lipinski definition) is 0. The van der Waals surface area contributed by atoms with Crippen LogP contribution in [0.1, 0.15) is 25.7 Å². The number of rotatable bonds is 2. The molecule has 2 aliphatic rings. The van der Waals surface area contributed by atoms with Gasteiger partial charge in [-0.05, 0) is 56.3 Å². The van der Waals surface area contributed by atoms with Crippen LogP contribution in [0.3, 0.4) is 0 Å². The summed E-state index contributed by atoms with van der Waals surface area (Å²) in [7, 11) is 0. The summed E-state index contributed by atoms with van der Waals surface area (Å²) in [5.74, 6) is 0. The SMILES string of the molecule is CSc1ccc(N2CCCN3CCCCC3C2)cc1. The smallest absolute Gasteiger partial charge is 0.0367 e. The van der Waals surface area contributed by atoms with Crippen molar-refractivity contribution in [2.45, 2.75) is 36.6 Å².